The van der Waals surface area contributed by atoms with E-state index in [0.29, 0.717) is 12.2 Å². The fourth-order valence-electron chi connectivity index (χ4n) is 2.24. The molecule has 1 N–H and O–H groups in total. The molecule has 1 atom stereocenters. The lowest BCUT2D eigenvalue weighted by Crippen LogP contribution is -2.44. The van der Waals surface area contributed by atoms with Gasteiger partial charge in [-0.25, -0.2) is 9.59 Å². The average molecular weight is 367 g/mol. The van der Waals surface area contributed by atoms with E-state index < -0.39 is 30.5 Å². The Kier molecular flexibility index (Phi) is 8.41. The standard InChI is InChI=1S/C18H25NO7/c1-11(2)8-14(18(22)25-5)19-16(20)10-26-17(21)13-7-6-12(23-3)9-15(13)24-4/h6-7,9,11,14H,8,10H2,1-5H3,(H,19,20)/t14-/m1/s1. The highest BCUT2D eigenvalue weighted by atomic mass is 16.5. The molecular formula is C18H25NO7. The first-order valence-electron chi connectivity index (χ1n) is 8.08. The van der Waals surface area contributed by atoms with Crippen LogP contribution in [0.5, 0.6) is 11.5 Å². The molecule has 8 nitrogen and oxygen atoms in total. The van der Waals surface area contributed by atoms with E-state index in [9.17, 15) is 14.4 Å². The summed E-state index contributed by atoms with van der Waals surface area (Å²) < 4.78 is 19.9. The van der Waals surface area contributed by atoms with Crippen LogP contribution in [-0.2, 0) is 19.1 Å². The molecule has 0 aliphatic rings. The predicted octanol–water partition coefficient (Wildman–Crippen LogP) is 1.56. The minimum absolute atomic E-state index is 0.160. The lowest BCUT2D eigenvalue weighted by atomic mass is 10.0. The topological polar surface area (TPSA) is 100 Å². The van der Waals surface area contributed by atoms with Crippen LogP contribution in [0.25, 0.3) is 0 Å². The molecule has 0 aliphatic carbocycles. The Morgan fingerprint density at radius 1 is 1.08 bits per heavy atom. The maximum absolute atomic E-state index is 12.2. The number of carbonyl (C=O) groups is 3. The first-order valence-corrected chi connectivity index (χ1v) is 8.08. The maximum Gasteiger partial charge on any atom is 0.342 e. The Balaban J connectivity index is 2.68. The molecule has 1 aromatic carbocycles. The highest BCUT2D eigenvalue weighted by Gasteiger charge is 2.23. The normalized spacial score (nSPS) is 11.5. The number of hydrogen-bond donors (Lipinski definition) is 1. The van der Waals surface area contributed by atoms with Crippen LogP contribution in [-0.4, -0.2) is 51.8 Å². The van der Waals surface area contributed by atoms with E-state index in [1.807, 2.05) is 13.8 Å². The smallest absolute Gasteiger partial charge is 0.342 e. The van der Waals surface area contributed by atoms with Crippen LogP contribution in [0.2, 0.25) is 0 Å². The van der Waals surface area contributed by atoms with Crippen LogP contribution in [0, 0.1) is 5.92 Å². The quantitative estimate of drug-likeness (QED) is 0.661. The van der Waals surface area contributed by atoms with Crippen LogP contribution < -0.4 is 14.8 Å². The number of hydrogen-bond acceptors (Lipinski definition) is 7. The lowest BCUT2D eigenvalue weighted by molar-refractivity contribution is -0.145. The van der Waals surface area contributed by atoms with E-state index in [-0.39, 0.29) is 17.2 Å². The molecule has 0 bridgehead atoms. The van der Waals surface area contributed by atoms with Gasteiger partial charge in [-0.05, 0) is 24.5 Å². The van der Waals surface area contributed by atoms with Crippen LogP contribution in [0.15, 0.2) is 18.2 Å². The van der Waals surface area contributed by atoms with Crippen molar-refractivity contribution in [2.75, 3.05) is 27.9 Å². The Labute approximate surface area is 152 Å². The Hall–Kier alpha value is -2.77. The van der Waals surface area contributed by atoms with Gasteiger partial charge in [0.1, 0.15) is 23.1 Å². The third kappa shape index (κ3) is 6.27. The number of amides is 1. The van der Waals surface area contributed by atoms with E-state index in [1.165, 1.54) is 33.5 Å². The summed E-state index contributed by atoms with van der Waals surface area (Å²) in [6.45, 7) is 3.30. The zero-order valence-electron chi connectivity index (χ0n) is 15.7. The largest absolute Gasteiger partial charge is 0.497 e. The van der Waals surface area contributed by atoms with Gasteiger partial charge in [-0.2, -0.15) is 0 Å². The van der Waals surface area contributed by atoms with Gasteiger partial charge in [0, 0.05) is 6.07 Å². The fourth-order valence-corrected chi connectivity index (χ4v) is 2.24. The molecule has 0 radical (unpaired) electrons. The zero-order chi connectivity index (χ0) is 19.7. The molecule has 0 unspecified atom stereocenters. The number of rotatable bonds is 9. The molecule has 0 fully saturated rings. The Bertz CT molecular complexity index is 642. The van der Waals surface area contributed by atoms with Crippen LogP contribution in [0.3, 0.4) is 0 Å². The summed E-state index contributed by atoms with van der Waals surface area (Å²) in [6.07, 6.45) is 0.415. The molecule has 1 rings (SSSR count). The van der Waals surface area contributed by atoms with Crippen LogP contribution in [0.1, 0.15) is 30.6 Å². The number of ether oxygens (including phenoxy) is 4. The van der Waals surface area contributed by atoms with Gasteiger partial charge in [0.2, 0.25) is 0 Å². The van der Waals surface area contributed by atoms with E-state index in [0.717, 1.165) is 0 Å². The SMILES string of the molecule is COC(=O)[C@@H](CC(C)C)NC(=O)COC(=O)c1ccc(OC)cc1OC. The number of benzene rings is 1. The third-order valence-electron chi connectivity index (χ3n) is 3.49. The molecule has 26 heavy (non-hydrogen) atoms. The molecule has 0 heterocycles. The first-order chi connectivity index (χ1) is 12.3. The molecule has 0 aliphatic heterocycles. The summed E-state index contributed by atoms with van der Waals surface area (Å²) in [6, 6.07) is 3.80. The number of esters is 2. The number of methoxy groups -OCH3 is 3. The van der Waals surface area contributed by atoms with Gasteiger partial charge in [0.25, 0.3) is 5.91 Å². The first kappa shape index (κ1) is 21.3. The highest BCUT2D eigenvalue weighted by Crippen LogP contribution is 2.25. The molecule has 144 valence electrons. The zero-order valence-corrected chi connectivity index (χ0v) is 15.7. The van der Waals surface area contributed by atoms with Crippen molar-refractivity contribution in [3.8, 4) is 11.5 Å². The van der Waals surface area contributed by atoms with Crippen molar-refractivity contribution >= 4 is 17.8 Å². The Morgan fingerprint density at radius 3 is 2.31 bits per heavy atom. The molecule has 0 saturated carbocycles. The van der Waals surface area contributed by atoms with Gasteiger partial charge in [-0.3, -0.25) is 4.79 Å². The van der Waals surface area contributed by atoms with Gasteiger partial charge in [0.15, 0.2) is 6.61 Å². The average Bonchev–Trinajstić information content (AvgIpc) is 2.63. The molecule has 1 aromatic rings. The van der Waals surface area contributed by atoms with Crippen molar-refractivity contribution in [3.63, 3.8) is 0 Å². The van der Waals surface area contributed by atoms with Gasteiger partial charge >= 0.3 is 11.9 Å². The summed E-state index contributed by atoms with van der Waals surface area (Å²) in [7, 11) is 4.15. The number of nitrogens with one attached hydrogen (secondary N) is 1. The predicted molar refractivity (Wildman–Crippen MR) is 93.2 cm³/mol. The van der Waals surface area contributed by atoms with Crippen LogP contribution in [0.4, 0.5) is 0 Å². The summed E-state index contributed by atoms with van der Waals surface area (Å²) >= 11 is 0. The van der Waals surface area contributed by atoms with Crippen molar-refractivity contribution in [1.29, 1.82) is 0 Å². The minimum atomic E-state index is -0.790. The van der Waals surface area contributed by atoms with Gasteiger partial charge < -0.3 is 24.3 Å². The summed E-state index contributed by atoms with van der Waals surface area (Å²) in [5.74, 6) is -0.909. The maximum atomic E-state index is 12.2. The highest BCUT2D eigenvalue weighted by molar-refractivity contribution is 5.94. The Morgan fingerprint density at radius 2 is 1.77 bits per heavy atom. The van der Waals surface area contributed by atoms with E-state index in [4.69, 9.17) is 14.2 Å². The van der Waals surface area contributed by atoms with Gasteiger partial charge in [-0.1, -0.05) is 13.8 Å². The van der Waals surface area contributed by atoms with Crippen molar-refractivity contribution < 1.29 is 33.3 Å². The van der Waals surface area contributed by atoms with Gasteiger partial charge in [-0.15, -0.1) is 0 Å². The third-order valence-corrected chi connectivity index (χ3v) is 3.49. The molecule has 1 amide bonds. The van der Waals surface area contributed by atoms with Crippen molar-refractivity contribution in [2.24, 2.45) is 5.92 Å². The monoisotopic (exact) mass is 367 g/mol. The molecule has 0 spiro atoms. The lowest BCUT2D eigenvalue weighted by Gasteiger charge is -2.18. The van der Waals surface area contributed by atoms with Crippen molar-refractivity contribution in [1.82, 2.24) is 5.32 Å². The summed E-state index contributed by atoms with van der Waals surface area (Å²) in [4.78, 5) is 35.9. The second kappa shape index (κ2) is 10.3. The van der Waals surface area contributed by atoms with Gasteiger partial charge in [0.05, 0.1) is 21.3 Å². The molecule has 8 heteroatoms. The molecule has 0 saturated heterocycles. The molecule has 0 aromatic heterocycles. The number of carbonyl (C=O) groups excluding carboxylic acids is 3. The fraction of sp³-hybridized carbons (Fsp3) is 0.500. The summed E-state index contributed by atoms with van der Waals surface area (Å²) in [5, 5.41) is 2.51. The minimum Gasteiger partial charge on any atom is -0.497 e. The second-order valence-electron chi connectivity index (χ2n) is 5.92. The van der Waals surface area contributed by atoms with Crippen LogP contribution >= 0.6 is 0 Å². The molecular weight excluding hydrogens is 342 g/mol. The van der Waals surface area contributed by atoms with Crippen molar-refractivity contribution in [2.45, 2.75) is 26.3 Å². The van der Waals surface area contributed by atoms with E-state index >= 15 is 0 Å². The van der Waals surface area contributed by atoms with E-state index in [1.54, 1.807) is 6.07 Å². The summed E-state index contributed by atoms with van der Waals surface area (Å²) in [5.41, 5.74) is 0.160. The van der Waals surface area contributed by atoms with Crippen molar-refractivity contribution in [3.05, 3.63) is 23.8 Å². The van der Waals surface area contributed by atoms with E-state index in [2.05, 4.69) is 10.1 Å². The second-order valence-corrected chi connectivity index (χ2v) is 5.92.